The van der Waals surface area contributed by atoms with E-state index in [1.54, 1.807) is 0 Å². The molecular weight excluding hydrogens is 306 g/mol. The minimum atomic E-state index is -0.0522. The first-order valence-electron chi connectivity index (χ1n) is 9.15. The van der Waals surface area contributed by atoms with Crippen LogP contribution in [0.1, 0.15) is 36.8 Å². The highest BCUT2D eigenvalue weighted by atomic mass is 16.7. The highest BCUT2D eigenvalue weighted by Gasteiger charge is 2.77. The number of ether oxygens (including phenoxy) is 4. The summed E-state index contributed by atoms with van der Waals surface area (Å²) in [6.45, 7) is 2.59. The molecule has 0 bridgehead atoms. The number of rotatable bonds is 1. The highest BCUT2D eigenvalue weighted by Crippen LogP contribution is 2.67. The second-order valence-corrected chi connectivity index (χ2v) is 7.86. The monoisotopic (exact) mass is 329 g/mol. The van der Waals surface area contributed by atoms with Crippen molar-refractivity contribution in [3.63, 3.8) is 0 Å². The maximum Gasteiger partial charge on any atom is 0.231 e. The van der Waals surface area contributed by atoms with Crippen LogP contribution in [0.4, 0.5) is 0 Å². The topological polar surface area (TPSA) is 43.5 Å². The maximum absolute atomic E-state index is 6.42. The van der Waals surface area contributed by atoms with E-state index in [1.807, 2.05) is 7.11 Å². The molecule has 0 unspecified atom stereocenters. The Kier molecular flexibility index (Phi) is 2.58. The van der Waals surface area contributed by atoms with Gasteiger partial charge in [-0.05, 0) is 55.5 Å². The summed E-state index contributed by atoms with van der Waals surface area (Å²) in [7, 11) is 1.84. The lowest BCUT2D eigenvalue weighted by molar-refractivity contribution is -0.0119. The van der Waals surface area contributed by atoms with Gasteiger partial charge in [-0.3, -0.25) is 4.90 Å². The van der Waals surface area contributed by atoms with Crippen molar-refractivity contribution in [1.29, 1.82) is 0 Å². The molecule has 0 amide bonds. The highest BCUT2D eigenvalue weighted by molar-refractivity contribution is 5.54. The molecule has 24 heavy (non-hydrogen) atoms. The van der Waals surface area contributed by atoms with Gasteiger partial charge in [-0.15, -0.1) is 0 Å². The fraction of sp³-hybridized carbons (Fsp3) is 0.684. The van der Waals surface area contributed by atoms with E-state index >= 15 is 0 Å². The molecular formula is C19H23NO4. The number of aryl methyl sites for hydroxylation is 1. The summed E-state index contributed by atoms with van der Waals surface area (Å²) in [6, 6.07) is 4.47. The van der Waals surface area contributed by atoms with Crippen LogP contribution in [-0.4, -0.2) is 49.7 Å². The zero-order valence-electron chi connectivity index (χ0n) is 14.0. The van der Waals surface area contributed by atoms with Gasteiger partial charge in [-0.2, -0.15) is 0 Å². The van der Waals surface area contributed by atoms with Gasteiger partial charge in [-0.1, -0.05) is 0 Å². The molecule has 0 N–H and O–H groups in total. The van der Waals surface area contributed by atoms with Crippen molar-refractivity contribution in [3.05, 3.63) is 23.3 Å². The van der Waals surface area contributed by atoms with E-state index in [4.69, 9.17) is 18.9 Å². The Morgan fingerprint density at radius 1 is 1.21 bits per heavy atom. The van der Waals surface area contributed by atoms with E-state index in [0.717, 1.165) is 50.3 Å². The lowest BCUT2D eigenvalue weighted by Crippen LogP contribution is -2.55. The van der Waals surface area contributed by atoms with Crippen LogP contribution >= 0.6 is 0 Å². The number of hydrogen-bond donors (Lipinski definition) is 0. The Morgan fingerprint density at radius 3 is 2.96 bits per heavy atom. The summed E-state index contributed by atoms with van der Waals surface area (Å²) in [5.74, 6) is 1.79. The van der Waals surface area contributed by atoms with Crippen LogP contribution in [0, 0.1) is 0 Å². The Balaban J connectivity index is 1.59. The minimum absolute atomic E-state index is 0.00514. The molecule has 1 aromatic carbocycles. The average Bonchev–Trinajstić information content (AvgIpc) is 3.03. The molecule has 1 aromatic rings. The zero-order valence-corrected chi connectivity index (χ0v) is 14.0. The van der Waals surface area contributed by atoms with E-state index < -0.39 is 0 Å². The van der Waals surface area contributed by atoms with E-state index in [-0.39, 0.29) is 17.2 Å². The van der Waals surface area contributed by atoms with Gasteiger partial charge in [0.15, 0.2) is 11.5 Å². The second-order valence-electron chi connectivity index (χ2n) is 7.86. The quantitative estimate of drug-likeness (QED) is 0.739. The van der Waals surface area contributed by atoms with Crippen LogP contribution < -0.4 is 9.47 Å². The third-order valence-corrected chi connectivity index (χ3v) is 7.06. The fourth-order valence-corrected chi connectivity index (χ4v) is 5.99. The van der Waals surface area contributed by atoms with Gasteiger partial charge in [-0.25, -0.2) is 0 Å². The van der Waals surface area contributed by atoms with E-state index in [0.29, 0.717) is 12.9 Å². The number of methoxy groups -OCH3 is 1. The van der Waals surface area contributed by atoms with Crippen LogP contribution in [0.2, 0.25) is 0 Å². The smallest absolute Gasteiger partial charge is 0.231 e. The molecule has 2 saturated heterocycles. The molecule has 5 heteroatoms. The standard InChI is InChI=1S/C19H23NO4/c1-21-13-8-17-19(24-17)4-6-20-5-2-3-12-7-15-16(23-11-22-15)9-14(12)18(19,20)10-13/h7,9,13,17H,2-6,8,10-11H2,1H3/t13-,17+,18+,19+/m0/s1. The molecule has 0 radical (unpaired) electrons. The predicted octanol–water partition coefficient (Wildman–Crippen LogP) is 2.21. The van der Waals surface area contributed by atoms with Crippen molar-refractivity contribution in [2.45, 2.75) is 55.5 Å². The first-order valence-corrected chi connectivity index (χ1v) is 9.15. The van der Waals surface area contributed by atoms with Gasteiger partial charge in [0.1, 0.15) is 5.60 Å². The van der Waals surface area contributed by atoms with Gasteiger partial charge in [0.05, 0.1) is 17.7 Å². The summed E-state index contributed by atoms with van der Waals surface area (Å²) in [6.07, 6.45) is 6.09. The van der Waals surface area contributed by atoms with Crippen LogP contribution in [-0.2, 0) is 21.4 Å². The zero-order chi connectivity index (χ0) is 15.9. The summed E-state index contributed by atoms with van der Waals surface area (Å²) in [4.78, 5) is 2.69. The number of epoxide rings is 1. The van der Waals surface area contributed by atoms with Crippen molar-refractivity contribution in [3.8, 4) is 11.5 Å². The van der Waals surface area contributed by atoms with Crippen molar-refractivity contribution >= 4 is 0 Å². The SMILES string of the molecule is CO[C@H]1C[C@H]2O[C@]23CCN2CCCc4cc5c(cc4[C@@]23C1)OCO5. The van der Waals surface area contributed by atoms with E-state index in [9.17, 15) is 0 Å². The summed E-state index contributed by atoms with van der Waals surface area (Å²) >= 11 is 0. The molecule has 4 atom stereocenters. The Hall–Kier alpha value is -1.30. The average molecular weight is 329 g/mol. The molecule has 6 rings (SSSR count). The molecule has 128 valence electrons. The fourth-order valence-electron chi connectivity index (χ4n) is 5.99. The number of nitrogens with zero attached hydrogens (tertiary/aromatic N) is 1. The first-order chi connectivity index (χ1) is 11.8. The third-order valence-electron chi connectivity index (χ3n) is 7.06. The van der Waals surface area contributed by atoms with Gasteiger partial charge in [0.25, 0.3) is 0 Å². The molecule has 4 heterocycles. The van der Waals surface area contributed by atoms with Gasteiger partial charge >= 0.3 is 0 Å². The van der Waals surface area contributed by atoms with Crippen molar-refractivity contribution < 1.29 is 18.9 Å². The summed E-state index contributed by atoms with van der Waals surface area (Å²) < 4.78 is 23.6. The molecule has 4 aliphatic heterocycles. The van der Waals surface area contributed by atoms with Gasteiger partial charge < -0.3 is 18.9 Å². The summed E-state index contributed by atoms with van der Waals surface area (Å²) in [5.41, 5.74) is 2.76. The molecule has 1 saturated carbocycles. The van der Waals surface area contributed by atoms with Crippen molar-refractivity contribution in [2.24, 2.45) is 0 Å². The van der Waals surface area contributed by atoms with E-state index in [2.05, 4.69) is 17.0 Å². The predicted molar refractivity (Wildman–Crippen MR) is 86.4 cm³/mol. The Bertz CT molecular complexity index is 722. The molecule has 1 aliphatic carbocycles. The molecule has 0 aromatic heterocycles. The largest absolute Gasteiger partial charge is 0.454 e. The lowest BCUT2D eigenvalue weighted by atomic mass is 9.67. The lowest BCUT2D eigenvalue weighted by Gasteiger charge is -2.46. The Labute approximate surface area is 141 Å². The summed E-state index contributed by atoms with van der Waals surface area (Å²) in [5, 5.41) is 0. The first kappa shape index (κ1) is 13.9. The van der Waals surface area contributed by atoms with Crippen LogP contribution in [0.15, 0.2) is 12.1 Å². The van der Waals surface area contributed by atoms with Gasteiger partial charge in [0.2, 0.25) is 6.79 Å². The van der Waals surface area contributed by atoms with Crippen LogP contribution in [0.3, 0.4) is 0 Å². The van der Waals surface area contributed by atoms with E-state index in [1.165, 1.54) is 17.5 Å². The van der Waals surface area contributed by atoms with Crippen molar-refractivity contribution in [2.75, 3.05) is 27.0 Å². The molecule has 5 nitrogen and oxygen atoms in total. The molecule has 3 fully saturated rings. The molecule has 5 aliphatic rings. The normalized spacial score (nSPS) is 41.9. The van der Waals surface area contributed by atoms with Crippen LogP contribution in [0.5, 0.6) is 11.5 Å². The number of fused-ring (bicyclic) bond motifs is 2. The minimum Gasteiger partial charge on any atom is -0.454 e. The van der Waals surface area contributed by atoms with Crippen LogP contribution in [0.25, 0.3) is 0 Å². The number of hydrogen-bond acceptors (Lipinski definition) is 5. The second kappa shape index (κ2) is 4.45. The van der Waals surface area contributed by atoms with Gasteiger partial charge in [0, 0.05) is 20.1 Å². The third kappa shape index (κ3) is 1.48. The van der Waals surface area contributed by atoms with Crippen molar-refractivity contribution in [1.82, 2.24) is 4.90 Å². The molecule has 2 spiro atoms. The number of benzene rings is 1. The maximum atomic E-state index is 6.42. The Morgan fingerprint density at radius 2 is 2.08 bits per heavy atom.